The average Bonchev–Trinajstić information content (AvgIpc) is 2.46. The molecule has 1 aromatic rings. The second kappa shape index (κ2) is 6.66. The summed E-state index contributed by atoms with van der Waals surface area (Å²) in [6.07, 6.45) is 4.13. The number of rotatable bonds is 5. The maximum Gasteiger partial charge on any atom is 0.157 e. The van der Waals surface area contributed by atoms with Crippen molar-refractivity contribution in [2.24, 2.45) is 0 Å². The van der Waals surface area contributed by atoms with Crippen molar-refractivity contribution in [3.8, 4) is 0 Å². The lowest BCUT2D eigenvalue weighted by molar-refractivity contribution is -0.164. The van der Waals surface area contributed by atoms with Gasteiger partial charge in [0.2, 0.25) is 0 Å². The lowest BCUT2D eigenvalue weighted by atomic mass is 10.0. The number of benzene rings is 1. The van der Waals surface area contributed by atoms with Gasteiger partial charge in [-0.25, -0.2) is 0 Å². The van der Waals surface area contributed by atoms with Gasteiger partial charge in [0.15, 0.2) is 6.29 Å². The molecule has 0 spiro atoms. The number of carbonyl (C=O) groups is 1. The van der Waals surface area contributed by atoms with Crippen molar-refractivity contribution in [3.63, 3.8) is 0 Å². The van der Waals surface area contributed by atoms with Crippen LogP contribution in [0.5, 0.6) is 0 Å². The number of hydrogen-bond acceptors (Lipinski definition) is 3. The highest BCUT2D eigenvalue weighted by molar-refractivity contribution is 5.74. The summed E-state index contributed by atoms with van der Waals surface area (Å²) in [5.41, 5.74) is 1.85. The highest BCUT2D eigenvalue weighted by atomic mass is 16.7. The Morgan fingerprint density at radius 1 is 1.50 bits per heavy atom. The van der Waals surface area contributed by atoms with E-state index in [0.717, 1.165) is 31.3 Å². The molecule has 3 heteroatoms. The van der Waals surface area contributed by atoms with Crippen LogP contribution in [-0.4, -0.2) is 25.8 Å². The molecule has 1 saturated heterocycles. The first kappa shape index (κ1) is 13.2. The molecule has 0 saturated carbocycles. The van der Waals surface area contributed by atoms with E-state index < -0.39 is 0 Å². The third kappa shape index (κ3) is 3.65. The second-order valence-corrected chi connectivity index (χ2v) is 4.82. The van der Waals surface area contributed by atoms with Gasteiger partial charge in [-0.15, -0.1) is 0 Å². The van der Waals surface area contributed by atoms with Crippen LogP contribution in [0.2, 0.25) is 0 Å². The number of carbonyl (C=O) groups excluding carboxylic acids is 1. The van der Waals surface area contributed by atoms with Crippen molar-refractivity contribution >= 4 is 6.29 Å². The number of ether oxygens (including phenoxy) is 2. The fraction of sp³-hybridized carbons (Fsp3) is 0.533. The zero-order valence-corrected chi connectivity index (χ0v) is 10.8. The third-order valence-electron chi connectivity index (χ3n) is 3.29. The summed E-state index contributed by atoms with van der Waals surface area (Å²) in [6.45, 7) is 3.54. The van der Waals surface area contributed by atoms with Crippen molar-refractivity contribution in [3.05, 3.63) is 35.4 Å². The van der Waals surface area contributed by atoms with Crippen LogP contribution in [0.4, 0.5) is 0 Å². The smallest absolute Gasteiger partial charge is 0.157 e. The van der Waals surface area contributed by atoms with Crippen LogP contribution in [-0.2, 0) is 9.47 Å². The lowest BCUT2D eigenvalue weighted by Gasteiger charge is -2.24. The molecule has 1 aromatic carbocycles. The first-order valence-corrected chi connectivity index (χ1v) is 6.58. The SMILES string of the molecule is C[C@H](COC1CCCCO1)c1cccc(C=O)c1. The fourth-order valence-corrected chi connectivity index (χ4v) is 2.13. The normalized spacial score (nSPS) is 21.5. The molecule has 1 aliphatic heterocycles. The van der Waals surface area contributed by atoms with Crippen LogP contribution in [0.1, 0.15) is 48.0 Å². The Balaban J connectivity index is 1.86. The highest BCUT2D eigenvalue weighted by Gasteiger charge is 2.16. The molecule has 98 valence electrons. The highest BCUT2D eigenvalue weighted by Crippen LogP contribution is 2.20. The molecule has 1 heterocycles. The minimum Gasteiger partial charge on any atom is -0.353 e. The maximum absolute atomic E-state index is 10.7. The van der Waals surface area contributed by atoms with E-state index in [-0.39, 0.29) is 12.2 Å². The summed E-state index contributed by atoms with van der Waals surface area (Å²) in [7, 11) is 0. The zero-order valence-electron chi connectivity index (χ0n) is 10.8. The quantitative estimate of drug-likeness (QED) is 0.751. The van der Waals surface area contributed by atoms with Crippen molar-refractivity contribution in [2.45, 2.75) is 38.4 Å². The average molecular weight is 248 g/mol. The van der Waals surface area contributed by atoms with Crippen molar-refractivity contribution in [1.29, 1.82) is 0 Å². The summed E-state index contributed by atoms with van der Waals surface area (Å²) >= 11 is 0. The summed E-state index contributed by atoms with van der Waals surface area (Å²) in [5, 5.41) is 0. The molecule has 0 bridgehead atoms. The van der Waals surface area contributed by atoms with Gasteiger partial charge in [0, 0.05) is 18.1 Å². The van der Waals surface area contributed by atoms with E-state index in [1.165, 1.54) is 6.42 Å². The Bertz CT molecular complexity index is 383. The minimum atomic E-state index is -0.0459. The van der Waals surface area contributed by atoms with E-state index in [1.54, 1.807) is 0 Å². The van der Waals surface area contributed by atoms with Crippen LogP contribution in [0.3, 0.4) is 0 Å². The van der Waals surface area contributed by atoms with Gasteiger partial charge in [-0.2, -0.15) is 0 Å². The number of aldehydes is 1. The summed E-state index contributed by atoms with van der Waals surface area (Å²) < 4.78 is 11.3. The first-order chi connectivity index (χ1) is 8.79. The predicted molar refractivity (Wildman–Crippen MR) is 69.8 cm³/mol. The van der Waals surface area contributed by atoms with E-state index >= 15 is 0 Å². The van der Waals surface area contributed by atoms with Gasteiger partial charge in [0.25, 0.3) is 0 Å². The van der Waals surface area contributed by atoms with Crippen LogP contribution in [0.15, 0.2) is 24.3 Å². The van der Waals surface area contributed by atoms with Crippen molar-refractivity contribution < 1.29 is 14.3 Å². The predicted octanol–water partition coefficient (Wildman–Crippen LogP) is 3.15. The monoisotopic (exact) mass is 248 g/mol. The lowest BCUT2D eigenvalue weighted by Crippen LogP contribution is -2.24. The molecular weight excluding hydrogens is 228 g/mol. The van der Waals surface area contributed by atoms with Gasteiger partial charge in [-0.3, -0.25) is 4.79 Å². The summed E-state index contributed by atoms with van der Waals surface area (Å²) in [5.74, 6) is 0.274. The molecule has 1 unspecified atom stereocenters. The van der Waals surface area contributed by atoms with E-state index in [1.807, 2.05) is 24.3 Å². The largest absolute Gasteiger partial charge is 0.353 e. The van der Waals surface area contributed by atoms with Crippen LogP contribution in [0.25, 0.3) is 0 Å². The Labute approximate surface area is 108 Å². The Kier molecular flexibility index (Phi) is 4.90. The molecule has 0 amide bonds. The molecule has 3 nitrogen and oxygen atoms in total. The molecule has 0 N–H and O–H groups in total. The van der Waals surface area contributed by atoms with Gasteiger partial charge >= 0.3 is 0 Å². The van der Waals surface area contributed by atoms with E-state index in [2.05, 4.69) is 6.92 Å². The van der Waals surface area contributed by atoms with Gasteiger partial charge < -0.3 is 9.47 Å². The maximum atomic E-state index is 10.7. The molecule has 0 aliphatic carbocycles. The van der Waals surface area contributed by atoms with Crippen LogP contribution < -0.4 is 0 Å². The molecule has 0 radical (unpaired) electrons. The standard InChI is InChI=1S/C15H20O3/c1-12(11-18-15-7-2-3-8-17-15)14-6-4-5-13(9-14)10-16/h4-6,9-10,12,15H,2-3,7-8,11H2,1H3/t12-,15?/m1/s1. The van der Waals surface area contributed by atoms with Gasteiger partial charge in [0.1, 0.15) is 6.29 Å². The molecule has 1 aliphatic rings. The Morgan fingerprint density at radius 2 is 2.39 bits per heavy atom. The van der Waals surface area contributed by atoms with E-state index in [4.69, 9.17) is 9.47 Å². The van der Waals surface area contributed by atoms with Crippen LogP contribution >= 0.6 is 0 Å². The summed E-state index contributed by atoms with van der Waals surface area (Å²) in [6, 6.07) is 7.67. The molecular formula is C15H20O3. The van der Waals surface area contributed by atoms with Crippen LogP contribution in [0, 0.1) is 0 Å². The van der Waals surface area contributed by atoms with Gasteiger partial charge in [0.05, 0.1) is 6.61 Å². The van der Waals surface area contributed by atoms with Gasteiger partial charge in [-0.05, 0) is 30.9 Å². The Morgan fingerprint density at radius 3 is 3.11 bits per heavy atom. The van der Waals surface area contributed by atoms with Crippen molar-refractivity contribution in [2.75, 3.05) is 13.2 Å². The molecule has 1 fully saturated rings. The zero-order chi connectivity index (χ0) is 12.8. The molecule has 2 rings (SSSR count). The Hall–Kier alpha value is -1.19. The topological polar surface area (TPSA) is 35.5 Å². The number of hydrogen-bond donors (Lipinski definition) is 0. The fourth-order valence-electron chi connectivity index (χ4n) is 2.13. The molecule has 0 aromatic heterocycles. The third-order valence-corrected chi connectivity index (χ3v) is 3.29. The van der Waals surface area contributed by atoms with Crippen molar-refractivity contribution in [1.82, 2.24) is 0 Å². The minimum absolute atomic E-state index is 0.0459. The summed E-state index contributed by atoms with van der Waals surface area (Å²) in [4.78, 5) is 10.7. The molecule has 18 heavy (non-hydrogen) atoms. The van der Waals surface area contributed by atoms with E-state index in [0.29, 0.717) is 12.2 Å². The first-order valence-electron chi connectivity index (χ1n) is 6.58. The molecule has 2 atom stereocenters. The van der Waals surface area contributed by atoms with Gasteiger partial charge in [-0.1, -0.05) is 25.1 Å². The second-order valence-electron chi connectivity index (χ2n) is 4.82. The van der Waals surface area contributed by atoms with E-state index in [9.17, 15) is 4.79 Å².